The van der Waals surface area contributed by atoms with Gasteiger partial charge in [0.2, 0.25) is 0 Å². The van der Waals surface area contributed by atoms with Gasteiger partial charge in [0.05, 0.1) is 0 Å². The molecule has 11 heavy (non-hydrogen) atoms. The molecular weight excluding hydrogens is 134 g/mol. The SMILES string of the molecule is C/C=C/C1(C)CCCCNC1. The molecule has 0 aromatic rings. The number of nitrogens with one attached hydrogen (secondary N) is 1. The molecule has 1 fully saturated rings. The maximum absolute atomic E-state index is 3.47. The molecule has 1 nitrogen and oxygen atoms in total. The quantitative estimate of drug-likeness (QED) is 0.570. The molecule has 0 spiro atoms. The molecule has 1 N–H and O–H groups in total. The molecular formula is C10H19N. The Labute approximate surface area is 69.9 Å². The van der Waals surface area contributed by atoms with Crippen LogP contribution in [0.25, 0.3) is 0 Å². The van der Waals surface area contributed by atoms with Crippen molar-refractivity contribution in [3.63, 3.8) is 0 Å². The molecule has 1 aliphatic rings. The summed E-state index contributed by atoms with van der Waals surface area (Å²) in [5, 5.41) is 3.47. The lowest BCUT2D eigenvalue weighted by molar-refractivity contribution is 0.389. The number of allylic oxidation sites excluding steroid dienone is 1. The van der Waals surface area contributed by atoms with E-state index in [0.29, 0.717) is 5.41 Å². The Hall–Kier alpha value is -0.300. The second-order valence-corrected chi connectivity index (χ2v) is 3.79. The van der Waals surface area contributed by atoms with Gasteiger partial charge in [-0.1, -0.05) is 25.5 Å². The van der Waals surface area contributed by atoms with E-state index in [-0.39, 0.29) is 0 Å². The maximum Gasteiger partial charge on any atom is 0.00398 e. The van der Waals surface area contributed by atoms with Gasteiger partial charge in [-0.25, -0.2) is 0 Å². The fourth-order valence-electron chi connectivity index (χ4n) is 1.79. The molecule has 1 saturated heterocycles. The molecule has 0 aromatic heterocycles. The van der Waals surface area contributed by atoms with Crippen LogP contribution in [0.4, 0.5) is 0 Å². The van der Waals surface area contributed by atoms with Crippen molar-refractivity contribution in [2.75, 3.05) is 13.1 Å². The Morgan fingerprint density at radius 1 is 1.36 bits per heavy atom. The van der Waals surface area contributed by atoms with Crippen LogP contribution in [-0.4, -0.2) is 13.1 Å². The van der Waals surface area contributed by atoms with Crippen molar-refractivity contribution < 1.29 is 0 Å². The normalized spacial score (nSPS) is 34.0. The second kappa shape index (κ2) is 3.91. The van der Waals surface area contributed by atoms with Crippen molar-refractivity contribution >= 4 is 0 Å². The van der Waals surface area contributed by atoms with Crippen LogP contribution in [-0.2, 0) is 0 Å². The highest BCUT2D eigenvalue weighted by atomic mass is 14.9. The lowest BCUT2D eigenvalue weighted by Gasteiger charge is -2.23. The minimum atomic E-state index is 0.422. The Morgan fingerprint density at radius 3 is 2.91 bits per heavy atom. The highest BCUT2D eigenvalue weighted by Crippen LogP contribution is 2.26. The highest BCUT2D eigenvalue weighted by Gasteiger charge is 2.21. The predicted molar refractivity (Wildman–Crippen MR) is 49.6 cm³/mol. The Balaban J connectivity index is 2.51. The van der Waals surface area contributed by atoms with Crippen LogP contribution in [0.5, 0.6) is 0 Å². The largest absolute Gasteiger partial charge is 0.316 e. The first-order chi connectivity index (χ1) is 5.27. The second-order valence-electron chi connectivity index (χ2n) is 3.79. The summed E-state index contributed by atoms with van der Waals surface area (Å²) in [6.07, 6.45) is 8.56. The topological polar surface area (TPSA) is 12.0 Å². The third-order valence-electron chi connectivity index (χ3n) is 2.45. The van der Waals surface area contributed by atoms with E-state index >= 15 is 0 Å². The zero-order chi connectivity index (χ0) is 8.16. The molecule has 1 unspecified atom stereocenters. The average Bonchev–Trinajstić information content (AvgIpc) is 2.15. The summed E-state index contributed by atoms with van der Waals surface area (Å²) in [6.45, 7) is 6.80. The van der Waals surface area contributed by atoms with Crippen molar-refractivity contribution in [3.8, 4) is 0 Å². The highest BCUT2D eigenvalue weighted by molar-refractivity contribution is 4.97. The van der Waals surface area contributed by atoms with Gasteiger partial charge in [-0.3, -0.25) is 0 Å². The van der Waals surface area contributed by atoms with E-state index in [0.717, 1.165) is 6.54 Å². The zero-order valence-corrected chi connectivity index (χ0v) is 7.69. The van der Waals surface area contributed by atoms with E-state index in [9.17, 15) is 0 Å². The third kappa shape index (κ3) is 2.66. The molecule has 0 aromatic carbocycles. The van der Waals surface area contributed by atoms with Crippen molar-refractivity contribution in [1.82, 2.24) is 5.32 Å². The molecule has 0 bridgehead atoms. The third-order valence-corrected chi connectivity index (χ3v) is 2.45. The Morgan fingerprint density at radius 2 is 2.18 bits per heavy atom. The number of rotatable bonds is 1. The van der Waals surface area contributed by atoms with E-state index in [1.54, 1.807) is 0 Å². The van der Waals surface area contributed by atoms with Crippen LogP contribution in [0.1, 0.15) is 33.1 Å². The van der Waals surface area contributed by atoms with Crippen LogP contribution in [0, 0.1) is 5.41 Å². The standard InChI is InChI=1S/C10H19N/c1-3-6-10(2)7-4-5-8-11-9-10/h3,6,11H,4-5,7-9H2,1-2H3/b6-3+. The summed E-state index contributed by atoms with van der Waals surface area (Å²) >= 11 is 0. The van der Waals surface area contributed by atoms with Crippen LogP contribution < -0.4 is 5.32 Å². The first-order valence-corrected chi connectivity index (χ1v) is 4.61. The van der Waals surface area contributed by atoms with Crippen LogP contribution in [0.3, 0.4) is 0 Å². The molecule has 1 rings (SSSR count). The lowest BCUT2D eigenvalue weighted by Crippen LogP contribution is -2.27. The van der Waals surface area contributed by atoms with Crippen LogP contribution in [0.2, 0.25) is 0 Å². The van der Waals surface area contributed by atoms with Crippen molar-refractivity contribution in [2.24, 2.45) is 5.41 Å². The summed E-state index contributed by atoms with van der Waals surface area (Å²) in [7, 11) is 0. The molecule has 1 heterocycles. The summed E-state index contributed by atoms with van der Waals surface area (Å²) < 4.78 is 0. The van der Waals surface area contributed by atoms with Crippen LogP contribution in [0.15, 0.2) is 12.2 Å². The van der Waals surface area contributed by atoms with Gasteiger partial charge in [0, 0.05) is 6.54 Å². The molecule has 1 atom stereocenters. The van der Waals surface area contributed by atoms with E-state index in [4.69, 9.17) is 0 Å². The van der Waals surface area contributed by atoms with Gasteiger partial charge in [0.15, 0.2) is 0 Å². The van der Waals surface area contributed by atoms with Crippen molar-refractivity contribution in [2.45, 2.75) is 33.1 Å². The van der Waals surface area contributed by atoms with Gasteiger partial charge in [0.1, 0.15) is 0 Å². The Kier molecular flexibility index (Phi) is 3.13. The van der Waals surface area contributed by atoms with E-state index in [2.05, 4.69) is 31.3 Å². The van der Waals surface area contributed by atoms with Gasteiger partial charge < -0.3 is 5.32 Å². The smallest absolute Gasteiger partial charge is 0.00398 e. The first-order valence-electron chi connectivity index (χ1n) is 4.61. The van der Waals surface area contributed by atoms with Gasteiger partial charge in [-0.2, -0.15) is 0 Å². The van der Waals surface area contributed by atoms with E-state index in [1.807, 2.05) is 0 Å². The minimum Gasteiger partial charge on any atom is -0.316 e. The molecule has 0 amide bonds. The van der Waals surface area contributed by atoms with Gasteiger partial charge in [-0.15, -0.1) is 0 Å². The predicted octanol–water partition coefficient (Wildman–Crippen LogP) is 2.34. The van der Waals surface area contributed by atoms with Crippen molar-refractivity contribution in [1.29, 1.82) is 0 Å². The lowest BCUT2D eigenvalue weighted by atomic mass is 9.85. The Bertz CT molecular complexity index is 130. The summed E-state index contributed by atoms with van der Waals surface area (Å²) in [4.78, 5) is 0. The number of hydrogen-bond acceptors (Lipinski definition) is 1. The maximum atomic E-state index is 3.47. The molecule has 0 saturated carbocycles. The van der Waals surface area contributed by atoms with Crippen molar-refractivity contribution in [3.05, 3.63) is 12.2 Å². The zero-order valence-electron chi connectivity index (χ0n) is 7.69. The summed E-state index contributed by atoms with van der Waals surface area (Å²) in [5.74, 6) is 0. The molecule has 1 heteroatoms. The first kappa shape index (κ1) is 8.79. The number of hydrogen-bond donors (Lipinski definition) is 1. The minimum absolute atomic E-state index is 0.422. The van der Waals surface area contributed by atoms with Gasteiger partial charge in [-0.05, 0) is 31.7 Å². The molecule has 0 radical (unpaired) electrons. The van der Waals surface area contributed by atoms with Gasteiger partial charge in [0.25, 0.3) is 0 Å². The van der Waals surface area contributed by atoms with Gasteiger partial charge >= 0.3 is 0 Å². The fourth-order valence-corrected chi connectivity index (χ4v) is 1.79. The molecule has 0 aliphatic carbocycles. The summed E-state index contributed by atoms with van der Waals surface area (Å²) in [5.41, 5.74) is 0.422. The van der Waals surface area contributed by atoms with Crippen LogP contribution >= 0.6 is 0 Å². The monoisotopic (exact) mass is 153 g/mol. The fraction of sp³-hybridized carbons (Fsp3) is 0.800. The summed E-state index contributed by atoms with van der Waals surface area (Å²) in [6, 6.07) is 0. The average molecular weight is 153 g/mol. The van der Waals surface area contributed by atoms with E-state index in [1.165, 1.54) is 25.8 Å². The molecule has 1 aliphatic heterocycles. The van der Waals surface area contributed by atoms with E-state index < -0.39 is 0 Å². The molecule has 64 valence electrons.